The molecule has 3 heteroatoms. The molecule has 1 aliphatic heterocycles. The lowest BCUT2D eigenvalue weighted by Gasteiger charge is -2.22. The maximum absolute atomic E-state index is 6.04. The zero-order chi connectivity index (χ0) is 9.54. The SMILES string of the molecule is N[C@H]1CCCc2cc3c(cc21)OCO3. The van der Waals surface area contributed by atoms with Crippen molar-refractivity contribution in [2.24, 2.45) is 5.73 Å². The van der Waals surface area contributed by atoms with E-state index in [0.29, 0.717) is 6.79 Å². The molecule has 1 atom stereocenters. The predicted molar refractivity (Wildman–Crippen MR) is 52.4 cm³/mol. The Balaban J connectivity index is 2.12. The van der Waals surface area contributed by atoms with E-state index in [2.05, 4.69) is 6.07 Å². The summed E-state index contributed by atoms with van der Waals surface area (Å²) >= 11 is 0. The van der Waals surface area contributed by atoms with Crippen molar-refractivity contribution >= 4 is 0 Å². The van der Waals surface area contributed by atoms with E-state index in [-0.39, 0.29) is 6.04 Å². The molecule has 0 amide bonds. The fourth-order valence-electron chi connectivity index (χ4n) is 2.23. The van der Waals surface area contributed by atoms with Crippen LogP contribution in [0.25, 0.3) is 0 Å². The van der Waals surface area contributed by atoms with Crippen molar-refractivity contribution in [3.8, 4) is 11.5 Å². The standard InChI is InChI=1S/C11H13NO2/c12-9-3-1-2-7-4-10-11(5-8(7)9)14-6-13-10/h4-5,9H,1-3,6,12H2/t9-/m0/s1. The highest BCUT2D eigenvalue weighted by molar-refractivity contribution is 5.50. The highest BCUT2D eigenvalue weighted by atomic mass is 16.7. The van der Waals surface area contributed by atoms with Crippen molar-refractivity contribution in [1.29, 1.82) is 0 Å². The topological polar surface area (TPSA) is 44.5 Å². The molecule has 3 rings (SSSR count). The molecule has 3 nitrogen and oxygen atoms in total. The van der Waals surface area contributed by atoms with E-state index in [4.69, 9.17) is 15.2 Å². The molecule has 0 unspecified atom stereocenters. The van der Waals surface area contributed by atoms with Crippen LogP contribution in [-0.2, 0) is 6.42 Å². The van der Waals surface area contributed by atoms with Gasteiger partial charge in [-0.05, 0) is 42.5 Å². The minimum absolute atomic E-state index is 0.174. The zero-order valence-electron chi connectivity index (χ0n) is 7.95. The second-order valence-electron chi connectivity index (χ2n) is 3.90. The van der Waals surface area contributed by atoms with Crippen LogP contribution in [0.2, 0.25) is 0 Å². The van der Waals surface area contributed by atoms with Gasteiger partial charge in [-0.3, -0.25) is 0 Å². The lowest BCUT2D eigenvalue weighted by atomic mass is 9.88. The highest BCUT2D eigenvalue weighted by Crippen LogP contribution is 2.39. The average molecular weight is 191 g/mol. The molecule has 2 aliphatic rings. The van der Waals surface area contributed by atoms with E-state index in [1.807, 2.05) is 6.07 Å². The third-order valence-corrected chi connectivity index (χ3v) is 3.00. The third kappa shape index (κ3) is 1.09. The van der Waals surface area contributed by atoms with Gasteiger partial charge in [-0.1, -0.05) is 0 Å². The zero-order valence-corrected chi connectivity index (χ0v) is 7.95. The molecule has 74 valence electrons. The predicted octanol–water partition coefficient (Wildman–Crippen LogP) is 1.75. The van der Waals surface area contributed by atoms with E-state index in [9.17, 15) is 0 Å². The second-order valence-corrected chi connectivity index (χ2v) is 3.90. The van der Waals surface area contributed by atoms with Crippen molar-refractivity contribution in [1.82, 2.24) is 0 Å². The number of fused-ring (bicyclic) bond motifs is 2. The molecule has 0 saturated carbocycles. The van der Waals surface area contributed by atoms with Gasteiger partial charge in [-0.2, -0.15) is 0 Å². The first-order valence-corrected chi connectivity index (χ1v) is 5.02. The van der Waals surface area contributed by atoms with Gasteiger partial charge in [-0.25, -0.2) is 0 Å². The van der Waals surface area contributed by atoms with Gasteiger partial charge in [0.1, 0.15) is 0 Å². The van der Waals surface area contributed by atoms with Gasteiger partial charge in [0, 0.05) is 6.04 Å². The number of aryl methyl sites for hydroxylation is 1. The highest BCUT2D eigenvalue weighted by Gasteiger charge is 2.22. The summed E-state index contributed by atoms with van der Waals surface area (Å²) in [6.07, 6.45) is 3.36. The quantitative estimate of drug-likeness (QED) is 0.679. The molecular formula is C11H13NO2. The number of rotatable bonds is 0. The van der Waals surface area contributed by atoms with Crippen LogP contribution in [-0.4, -0.2) is 6.79 Å². The molecule has 1 heterocycles. The lowest BCUT2D eigenvalue weighted by molar-refractivity contribution is 0.174. The Morgan fingerprint density at radius 2 is 2.00 bits per heavy atom. The Morgan fingerprint density at radius 1 is 1.21 bits per heavy atom. The summed E-state index contributed by atoms with van der Waals surface area (Å²) in [7, 11) is 0. The van der Waals surface area contributed by atoms with Crippen LogP contribution in [0.5, 0.6) is 11.5 Å². The summed E-state index contributed by atoms with van der Waals surface area (Å²) in [5.74, 6) is 1.72. The smallest absolute Gasteiger partial charge is 0.231 e. The Kier molecular flexibility index (Phi) is 1.67. The van der Waals surface area contributed by atoms with Crippen LogP contribution >= 0.6 is 0 Å². The largest absolute Gasteiger partial charge is 0.454 e. The first-order chi connectivity index (χ1) is 6.84. The van der Waals surface area contributed by atoms with Crippen molar-refractivity contribution in [2.45, 2.75) is 25.3 Å². The molecule has 0 spiro atoms. The fraction of sp³-hybridized carbons (Fsp3) is 0.455. The molecule has 0 bridgehead atoms. The summed E-state index contributed by atoms with van der Waals surface area (Å²) in [5.41, 5.74) is 8.61. The minimum atomic E-state index is 0.174. The Morgan fingerprint density at radius 3 is 2.86 bits per heavy atom. The monoisotopic (exact) mass is 191 g/mol. The van der Waals surface area contributed by atoms with Crippen LogP contribution in [0.1, 0.15) is 30.0 Å². The minimum Gasteiger partial charge on any atom is -0.454 e. The first-order valence-electron chi connectivity index (χ1n) is 5.02. The number of hydrogen-bond acceptors (Lipinski definition) is 3. The molecule has 0 fully saturated rings. The Bertz CT molecular complexity index is 376. The molecule has 1 aliphatic carbocycles. The van der Waals surface area contributed by atoms with Gasteiger partial charge in [-0.15, -0.1) is 0 Å². The van der Waals surface area contributed by atoms with Crippen molar-refractivity contribution in [3.63, 3.8) is 0 Å². The molecule has 0 aromatic heterocycles. The van der Waals surface area contributed by atoms with Crippen LogP contribution in [0.4, 0.5) is 0 Å². The molecule has 14 heavy (non-hydrogen) atoms. The van der Waals surface area contributed by atoms with Gasteiger partial charge >= 0.3 is 0 Å². The summed E-state index contributed by atoms with van der Waals surface area (Å²) in [6.45, 7) is 0.341. The van der Waals surface area contributed by atoms with E-state index >= 15 is 0 Å². The summed E-state index contributed by atoms with van der Waals surface area (Å²) < 4.78 is 10.7. The number of hydrogen-bond donors (Lipinski definition) is 1. The molecule has 1 aromatic carbocycles. The third-order valence-electron chi connectivity index (χ3n) is 3.00. The normalized spacial score (nSPS) is 23.4. The van der Waals surface area contributed by atoms with Crippen LogP contribution in [0, 0.1) is 0 Å². The van der Waals surface area contributed by atoms with Gasteiger partial charge in [0.25, 0.3) is 0 Å². The van der Waals surface area contributed by atoms with E-state index in [1.54, 1.807) is 0 Å². The maximum atomic E-state index is 6.04. The lowest BCUT2D eigenvalue weighted by Crippen LogP contribution is -2.17. The average Bonchev–Trinajstić information content (AvgIpc) is 2.62. The van der Waals surface area contributed by atoms with E-state index in [1.165, 1.54) is 17.5 Å². The Hall–Kier alpha value is -1.22. The summed E-state index contributed by atoms with van der Waals surface area (Å²) in [6, 6.07) is 4.30. The van der Waals surface area contributed by atoms with Gasteiger partial charge in [0.2, 0.25) is 6.79 Å². The molecular weight excluding hydrogens is 178 g/mol. The van der Waals surface area contributed by atoms with Crippen LogP contribution < -0.4 is 15.2 Å². The van der Waals surface area contributed by atoms with Gasteiger partial charge in [0.15, 0.2) is 11.5 Å². The van der Waals surface area contributed by atoms with E-state index < -0.39 is 0 Å². The molecule has 1 aromatic rings. The molecule has 0 radical (unpaired) electrons. The van der Waals surface area contributed by atoms with Crippen LogP contribution in [0.15, 0.2) is 12.1 Å². The van der Waals surface area contributed by atoms with Crippen molar-refractivity contribution in [2.75, 3.05) is 6.79 Å². The molecule has 0 saturated heterocycles. The number of nitrogens with two attached hydrogens (primary N) is 1. The maximum Gasteiger partial charge on any atom is 0.231 e. The number of ether oxygens (including phenoxy) is 2. The second kappa shape index (κ2) is 2.89. The van der Waals surface area contributed by atoms with E-state index in [0.717, 1.165) is 24.3 Å². The first kappa shape index (κ1) is 8.12. The Labute approximate surface area is 82.8 Å². The molecule has 2 N–H and O–H groups in total. The fourth-order valence-corrected chi connectivity index (χ4v) is 2.23. The number of benzene rings is 1. The van der Waals surface area contributed by atoms with Crippen molar-refractivity contribution < 1.29 is 9.47 Å². The summed E-state index contributed by atoms with van der Waals surface area (Å²) in [4.78, 5) is 0. The summed E-state index contributed by atoms with van der Waals surface area (Å²) in [5, 5.41) is 0. The van der Waals surface area contributed by atoms with Crippen LogP contribution in [0.3, 0.4) is 0 Å². The van der Waals surface area contributed by atoms with Gasteiger partial charge in [0.05, 0.1) is 0 Å². The van der Waals surface area contributed by atoms with Gasteiger partial charge < -0.3 is 15.2 Å². The van der Waals surface area contributed by atoms with Crippen molar-refractivity contribution in [3.05, 3.63) is 23.3 Å².